The molecule has 0 saturated carbocycles. The molecule has 0 aliphatic rings. The van der Waals surface area contributed by atoms with Gasteiger partial charge in [0.25, 0.3) is 0 Å². The van der Waals surface area contributed by atoms with Gasteiger partial charge in [-0.05, 0) is 26.2 Å². The van der Waals surface area contributed by atoms with Gasteiger partial charge in [-0.25, -0.2) is 4.39 Å². The van der Waals surface area contributed by atoms with Gasteiger partial charge in [-0.2, -0.15) is 0 Å². The Morgan fingerprint density at radius 1 is 1.31 bits per heavy atom. The molecule has 0 saturated heterocycles. The van der Waals surface area contributed by atoms with Crippen LogP contribution in [0.15, 0.2) is 24.3 Å². The Hall–Kier alpha value is -1.09. The van der Waals surface area contributed by atoms with Gasteiger partial charge in [0.2, 0.25) is 0 Å². The summed E-state index contributed by atoms with van der Waals surface area (Å²) in [4.78, 5) is 2.05. The van der Waals surface area contributed by atoms with E-state index in [1.807, 2.05) is 25.1 Å². The van der Waals surface area contributed by atoms with Crippen molar-refractivity contribution < 1.29 is 4.39 Å². The van der Waals surface area contributed by atoms with Crippen molar-refractivity contribution in [2.24, 2.45) is 0 Å². The minimum atomic E-state index is -0.193. The summed E-state index contributed by atoms with van der Waals surface area (Å²) in [6.45, 7) is 1.66. The fraction of sp³-hybridized carbons (Fsp3) is 0.400. The quantitative estimate of drug-likeness (QED) is 0.763. The number of nitrogens with one attached hydrogen (secondary N) is 1. The summed E-state index contributed by atoms with van der Waals surface area (Å²) in [6, 6.07) is 6.70. The molecular formula is C10H15FN2. The Kier molecular flexibility index (Phi) is 3.71. The summed E-state index contributed by atoms with van der Waals surface area (Å²) in [5, 5.41) is 3.03. The highest BCUT2D eigenvalue weighted by Gasteiger charge is 1.98. The topological polar surface area (TPSA) is 15.3 Å². The zero-order valence-corrected chi connectivity index (χ0v) is 8.05. The summed E-state index contributed by atoms with van der Waals surface area (Å²) in [5.74, 6) is -0.193. The Balaban J connectivity index is 2.41. The van der Waals surface area contributed by atoms with Gasteiger partial charge < -0.3 is 10.2 Å². The number of likely N-dealkylation sites (N-methyl/N-ethyl adjacent to an activating group) is 1. The van der Waals surface area contributed by atoms with Crippen LogP contribution in [0.1, 0.15) is 0 Å². The van der Waals surface area contributed by atoms with E-state index in [9.17, 15) is 4.39 Å². The number of halogens is 1. The number of para-hydroxylation sites is 1. The molecule has 72 valence electrons. The van der Waals surface area contributed by atoms with Crippen LogP contribution in [0.25, 0.3) is 0 Å². The molecule has 13 heavy (non-hydrogen) atoms. The van der Waals surface area contributed by atoms with E-state index < -0.39 is 0 Å². The second kappa shape index (κ2) is 4.82. The van der Waals surface area contributed by atoms with Crippen molar-refractivity contribution >= 4 is 5.69 Å². The van der Waals surface area contributed by atoms with Gasteiger partial charge in [-0.1, -0.05) is 12.1 Å². The highest BCUT2D eigenvalue weighted by molar-refractivity contribution is 5.44. The third-order valence-electron chi connectivity index (χ3n) is 1.75. The highest BCUT2D eigenvalue weighted by Crippen LogP contribution is 2.11. The monoisotopic (exact) mass is 182 g/mol. The minimum Gasteiger partial charge on any atom is -0.381 e. The lowest BCUT2D eigenvalue weighted by Gasteiger charge is -2.11. The van der Waals surface area contributed by atoms with Crippen LogP contribution in [0.2, 0.25) is 0 Å². The van der Waals surface area contributed by atoms with Crippen LogP contribution in [0.3, 0.4) is 0 Å². The summed E-state index contributed by atoms with van der Waals surface area (Å²) >= 11 is 0. The first-order valence-electron chi connectivity index (χ1n) is 4.33. The van der Waals surface area contributed by atoms with E-state index >= 15 is 0 Å². The molecule has 2 nitrogen and oxygen atoms in total. The highest BCUT2D eigenvalue weighted by atomic mass is 19.1. The maximum atomic E-state index is 13.0. The van der Waals surface area contributed by atoms with Crippen molar-refractivity contribution in [3.8, 4) is 0 Å². The molecule has 3 heteroatoms. The van der Waals surface area contributed by atoms with Crippen LogP contribution >= 0.6 is 0 Å². The molecule has 0 radical (unpaired) electrons. The predicted octanol–water partition coefficient (Wildman–Crippen LogP) is 1.80. The maximum Gasteiger partial charge on any atom is 0.146 e. The van der Waals surface area contributed by atoms with Crippen LogP contribution in [0.4, 0.5) is 10.1 Å². The fourth-order valence-electron chi connectivity index (χ4n) is 1.02. The van der Waals surface area contributed by atoms with Crippen molar-refractivity contribution in [2.75, 3.05) is 32.5 Å². The molecule has 0 unspecified atom stereocenters. The Morgan fingerprint density at radius 2 is 2.00 bits per heavy atom. The average Bonchev–Trinajstić information content (AvgIpc) is 2.08. The smallest absolute Gasteiger partial charge is 0.146 e. The molecule has 0 aliphatic heterocycles. The summed E-state index contributed by atoms with van der Waals surface area (Å²) < 4.78 is 13.0. The van der Waals surface area contributed by atoms with Crippen LogP contribution < -0.4 is 5.32 Å². The van der Waals surface area contributed by atoms with Crippen molar-refractivity contribution in [2.45, 2.75) is 0 Å². The van der Waals surface area contributed by atoms with Gasteiger partial charge in [0, 0.05) is 13.1 Å². The van der Waals surface area contributed by atoms with Gasteiger partial charge in [-0.3, -0.25) is 0 Å². The Morgan fingerprint density at radius 3 is 2.62 bits per heavy atom. The van der Waals surface area contributed by atoms with Crippen LogP contribution in [0, 0.1) is 5.82 Å². The number of hydrogen-bond donors (Lipinski definition) is 1. The summed E-state index contributed by atoms with van der Waals surface area (Å²) in [5.41, 5.74) is 0.573. The predicted molar refractivity (Wildman–Crippen MR) is 53.4 cm³/mol. The van der Waals surface area contributed by atoms with Gasteiger partial charge >= 0.3 is 0 Å². The number of nitrogens with zero attached hydrogens (tertiary/aromatic N) is 1. The van der Waals surface area contributed by atoms with E-state index in [0.29, 0.717) is 5.69 Å². The van der Waals surface area contributed by atoms with E-state index in [1.54, 1.807) is 12.1 Å². The van der Waals surface area contributed by atoms with Gasteiger partial charge in [0.1, 0.15) is 5.82 Å². The van der Waals surface area contributed by atoms with Gasteiger partial charge in [0.15, 0.2) is 0 Å². The first-order chi connectivity index (χ1) is 6.20. The van der Waals surface area contributed by atoms with E-state index in [-0.39, 0.29) is 5.82 Å². The van der Waals surface area contributed by atoms with Gasteiger partial charge in [-0.15, -0.1) is 0 Å². The van der Waals surface area contributed by atoms with Crippen molar-refractivity contribution in [1.82, 2.24) is 4.90 Å². The number of benzene rings is 1. The maximum absolute atomic E-state index is 13.0. The number of anilines is 1. The summed E-state index contributed by atoms with van der Waals surface area (Å²) in [7, 11) is 3.98. The van der Waals surface area contributed by atoms with E-state index in [2.05, 4.69) is 5.32 Å². The van der Waals surface area contributed by atoms with Crippen LogP contribution in [0.5, 0.6) is 0 Å². The lowest BCUT2D eigenvalue weighted by molar-refractivity contribution is 0.425. The molecule has 1 rings (SSSR count). The van der Waals surface area contributed by atoms with Crippen molar-refractivity contribution in [3.63, 3.8) is 0 Å². The normalized spacial score (nSPS) is 10.5. The Bertz CT molecular complexity index is 261. The molecule has 0 amide bonds. The molecule has 0 heterocycles. The van der Waals surface area contributed by atoms with E-state index in [1.165, 1.54) is 6.07 Å². The molecule has 1 N–H and O–H groups in total. The molecule has 0 atom stereocenters. The number of hydrogen-bond acceptors (Lipinski definition) is 2. The average molecular weight is 182 g/mol. The molecular weight excluding hydrogens is 167 g/mol. The molecule has 1 aromatic carbocycles. The minimum absolute atomic E-state index is 0.193. The lowest BCUT2D eigenvalue weighted by Crippen LogP contribution is -2.21. The second-order valence-electron chi connectivity index (χ2n) is 3.21. The zero-order chi connectivity index (χ0) is 9.68. The fourth-order valence-corrected chi connectivity index (χ4v) is 1.02. The first kappa shape index (κ1) is 9.99. The zero-order valence-electron chi connectivity index (χ0n) is 8.05. The molecule has 0 fully saturated rings. The second-order valence-corrected chi connectivity index (χ2v) is 3.21. The largest absolute Gasteiger partial charge is 0.381 e. The molecule has 0 bridgehead atoms. The third kappa shape index (κ3) is 3.42. The standard InChI is InChI=1S/C10H15FN2/c1-13(2)8-7-12-10-6-4-3-5-9(10)11/h3-6,12H,7-8H2,1-2H3. The first-order valence-corrected chi connectivity index (χ1v) is 4.33. The molecule has 1 aromatic rings. The molecule has 0 aromatic heterocycles. The molecule has 0 aliphatic carbocycles. The molecule has 0 spiro atoms. The third-order valence-corrected chi connectivity index (χ3v) is 1.75. The van der Waals surface area contributed by atoms with E-state index in [4.69, 9.17) is 0 Å². The van der Waals surface area contributed by atoms with Crippen molar-refractivity contribution in [1.29, 1.82) is 0 Å². The summed E-state index contributed by atoms with van der Waals surface area (Å²) in [6.07, 6.45) is 0. The van der Waals surface area contributed by atoms with Crippen LogP contribution in [-0.2, 0) is 0 Å². The van der Waals surface area contributed by atoms with Gasteiger partial charge in [0.05, 0.1) is 5.69 Å². The van der Waals surface area contributed by atoms with E-state index in [0.717, 1.165) is 13.1 Å². The lowest BCUT2D eigenvalue weighted by atomic mass is 10.3. The Labute approximate surface area is 78.4 Å². The number of rotatable bonds is 4. The van der Waals surface area contributed by atoms with Crippen molar-refractivity contribution in [3.05, 3.63) is 30.1 Å². The SMILES string of the molecule is CN(C)CCNc1ccccc1F. The van der Waals surface area contributed by atoms with Crippen LogP contribution in [-0.4, -0.2) is 32.1 Å².